The van der Waals surface area contributed by atoms with Gasteiger partial charge in [-0.2, -0.15) is 0 Å². The highest BCUT2D eigenvalue weighted by Gasteiger charge is 2.20. The summed E-state index contributed by atoms with van der Waals surface area (Å²) in [7, 11) is 0. The third-order valence-electron chi connectivity index (χ3n) is 4.07. The number of aliphatic hydroxyl groups is 1. The summed E-state index contributed by atoms with van der Waals surface area (Å²) in [5, 5.41) is 13.5. The Morgan fingerprint density at radius 3 is 2.47 bits per heavy atom. The molecule has 0 spiro atoms. The zero-order valence-electron chi connectivity index (χ0n) is 13.4. The number of nitrogens with zero attached hydrogens (tertiary/aromatic N) is 1. The van der Waals surface area contributed by atoms with E-state index in [2.05, 4.69) is 24.1 Å². The zero-order valence-corrected chi connectivity index (χ0v) is 13.4. The Morgan fingerprint density at radius 2 is 1.95 bits per heavy atom. The van der Waals surface area contributed by atoms with Crippen LogP contribution in [-0.4, -0.2) is 47.3 Å². The molecule has 0 aromatic heterocycles. The van der Waals surface area contributed by atoms with E-state index >= 15 is 0 Å². The number of nitrogens with one attached hydrogen (secondary N) is 1. The van der Waals surface area contributed by atoms with Crippen LogP contribution >= 0.6 is 0 Å². The number of likely N-dealkylation sites (tertiary alicyclic amines) is 1. The van der Waals surface area contributed by atoms with Gasteiger partial charge in [-0.3, -0.25) is 0 Å². The maximum atomic E-state index is 9.71. The number of rotatable bonds is 8. The Hall–Kier alpha value is -0.120. The third kappa shape index (κ3) is 7.91. The molecule has 114 valence electrons. The van der Waals surface area contributed by atoms with Gasteiger partial charge in [-0.15, -0.1) is 0 Å². The molecule has 0 unspecified atom stereocenters. The van der Waals surface area contributed by atoms with Gasteiger partial charge in [0.2, 0.25) is 0 Å². The summed E-state index contributed by atoms with van der Waals surface area (Å²) in [5.41, 5.74) is -0.509. The van der Waals surface area contributed by atoms with Crippen LogP contribution in [0, 0.1) is 0 Å². The second kappa shape index (κ2) is 8.23. The fourth-order valence-corrected chi connectivity index (χ4v) is 2.97. The van der Waals surface area contributed by atoms with Crippen LogP contribution in [-0.2, 0) is 0 Å². The van der Waals surface area contributed by atoms with Crippen LogP contribution in [0.3, 0.4) is 0 Å². The average molecular weight is 270 g/mol. The minimum atomic E-state index is -0.509. The highest BCUT2D eigenvalue weighted by molar-refractivity contribution is 4.79. The lowest BCUT2D eigenvalue weighted by Crippen LogP contribution is -2.45. The molecule has 1 rings (SSSR count). The molecule has 3 heteroatoms. The van der Waals surface area contributed by atoms with Crippen LogP contribution < -0.4 is 5.32 Å². The molecule has 0 amide bonds. The Kier molecular flexibility index (Phi) is 7.33. The van der Waals surface area contributed by atoms with Crippen molar-refractivity contribution in [3.63, 3.8) is 0 Å². The van der Waals surface area contributed by atoms with Crippen molar-refractivity contribution in [2.24, 2.45) is 0 Å². The molecule has 3 nitrogen and oxygen atoms in total. The van der Waals surface area contributed by atoms with Crippen molar-refractivity contribution in [2.45, 2.75) is 83.9 Å². The summed E-state index contributed by atoms with van der Waals surface area (Å²) in [4.78, 5) is 2.58. The SMILES string of the molecule is CCCN1CCC(N[C@H](C)CCCC(C)(C)O)CC1. The lowest BCUT2D eigenvalue weighted by Gasteiger charge is -2.34. The summed E-state index contributed by atoms with van der Waals surface area (Å²) in [6.07, 6.45) is 7.01. The van der Waals surface area contributed by atoms with Crippen molar-refractivity contribution >= 4 is 0 Å². The van der Waals surface area contributed by atoms with E-state index in [0.717, 1.165) is 12.8 Å². The van der Waals surface area contributed by atoms with Crippen molar-refractivity contribution in [3.05, 3.63) is 0 Å². The van der Waals surface area contributed by atoms with Gasteiger partial charge < -0.3 is 15.3 Å². The molecule has 1 aliphatic rings. The van der Waals surface area contributed by atoms with Crippen LogP contribution in [0.1, 0.15) is 66.2 Å². The molecule has 1 fully saturated rings. The molecule has 0 saturated carbocycles. The van der Waals surface area contributed by atoms with Crippen LogP contribution in [0.4, 0.5) is 0 Å². The normalized spacial score (nSPS) is 20.7. The van der Waals surface area contributed by atoms with Gasteiger partial charge in [0.25, 0.3) is 0 Å². The molecule has 0 aromatic carbocycles. The largest absolute Gasteiger partial charge is 0.390 e. The van der Waals surface area contributed by atoms with Gasteiger partial charge in [-0.1, -0.05) is 6.92 Å². The van der Waals surface area contributed by atoms with E-state index in [0.29, 0.717) is 12.1 Å². The van der Waals surface area contributed by atoms with E-state index < -0.39 is 5.60 Å². The first kappa shape index (κ1) is 16.9. The van der Waals surface area contributed by atoms with Crippen molar-refractivity contribution in [1.29, 1.82) is 0 Å². The summed E-state index contributed by atoms with van der Waals surface area (Å²) < 4.78 is 0. The smallest absolute Gasteiger partial charge is 0.0591 e. The molecule has 0 bridgehead atoms. The molecule has 1 aliphatic heterocycles. The summed E-state index contributed by atoms with van der Waals surface area (Å²) >= 11 is 0. The predicted molar refractivity (Wildman–Crippen MR) is 82.5 cm³/mol. The maximum absolute atomic E-state index is 9.71. The fraction of sp³-hybridized carbons (Fsp3) is 1.00. The number of piperidine rings is 1. The minimum absolute atomic E-state index is 0.509. The predicted octanol–water partition coefficient (Wildman–Crippen LogP) is 2.78. The first-order valence-electron chi connectivity index (χ1n) is 8.11. The monoisotopic (exact) mass is 270 g/mol. The topological polar surface area (TPSA) is 35.5 Å². The van der Waals surface area contributed by atoms with Crippen LogP contribution in [0.2, 0.25) is 0 Å². The summed E-state index contributed by atoms with van der Waals surface area (Å²) in [6.45, 7) is 12.1. The first-order valence-corrected chi connectivity index (χ1v) is 8.11. The van der Waals surface area contributed by atoms with E-state index in [4.69, 9.17) is 0 Å². The molecule has 19 heavy (non-hydrogen) atoms. The molecular formula is C16H34N2O. The molecular weight excluding hydrogens is 236 g/mol. The molecule has 2 N–H and O–H groups in total. The number of hydrogen-bond donors (Lipinski definition) is 2. The zero-order chi connectivity index (χ0) is 14.3. The second-order valence-electron chi connectivity index (χ2n) is 6.89. The van der Waals surface area contributed by atoms with Crippen molar-refractivity contribution in [3.8, 4) is 0 Å². The average Bonchev–Trinajstić information content (AvgIpc) is 2.30. The lowest BCUT2D eigenvalue weighted by molar-refractivity contribution is 0.0672. The Balaban J connectivity index is 2.11. The molecule has 1 atom stereocenters. The van der Waals surface area contributed by atoms with Crippen LogP contribution in [0.15, 0.2) is 0 Å². The highest BCUT2D eigenvalue weighted by atomic mass is 16.3. The number of hydrogen-bond acceptors (Lipinski definition) is 3. The second-order valence-corrected chi connectivity index (χ2v) is 6.89. The van der Waals surface area contributed by atoms with Gasteiger partial charge in [-0.25, -0.2) is 0 Å². The standard InChI is InChI=1S/C16H34N2O/c1-5-11-18-12-8-15(9-13-18)17-14(2)7-6-10-16(3,4)19/h14-15,17,19H,5-13H2,1-4H3/t14-/m1/s1. The third-order valence-corrected chi connectivity index (χ3v) is 4.07. The van der Waals surface area contributed by atoms with Gasteiger partial charge in [0.15, 0.2) is 0 Å². The molecule has 1 saturated heterocycles. The first-order chi connectivity index (χ1) is 8.90. The quantitative estimate of drug-likeness (QED) is 0.712. The molecule has 0 aliphatic carbocycles. The maximum Gasteiger partial charge on any atom is 0.0591 e. The van der Waals surface area contributed by atoms with Crippen LogP contribution in [0.25, 0.3) is 0 Å². The van der Waals surface area contributed by atoms with E-state index in [9.17, 15) is 5.11 Å². The summed E-state index contributed by atoms with van der Waals surface area (Å²) in [5.74, 6) is 0. The van der Waals surface area contributed by atoms with Gasteiger partial charge in [0.1, 0.15) is 0 Å². The van der Waals surface area contributed by atoms with Gasteiger partial charge in [-0.05, 0) is 78.9 Å². The van der Waals surface area contributed by atoms with E-state index in [1.807, 2.05) is 13.8 Å². The van der Waals surface area contributed by atoms with Crippen molar-refractivity contribution < 1.29 is 5.11 Å². The van der Waals surface area contributed by atoms with E-state index in [1.165, 1.54) is 45.3 Å². The molecule has 0 aromatic rings. The highest BCUT2D eigenvalue weighted by Crippen LogP contribution is 2.15. The molecule has 0 radical (unpaired) electrons. The Morgan fingerprint density at radius 1 is 1.32 bits per heavy atom. The molecule has 1 heterocycles. The van der Waals surface area contributed by atoms with Gasteiger partial charge in [0.05, 0.1) is 5.60 Å². The Labute approximate surface area is 119 Å². The minimum Gasteiger partial charge on any atom is -0.390 e. The van der Waals surface area contributed by atoms with Gasteiger partial charge in [0, 0.05) is 12.1 Å². The van der Waals surface area contributed by atoms with Gasteiger partial charge >= 0.3 is 0 Å². The van der Waals surface area contributed by atoms with Crippen molar-refractivity contribution in [2.75, 3.05) is 19.6 Å². The van der Waals surface area contributed by atoms with Crippen molar-refractivity contribution in [1.82, 2.24) is 10.2 Å². The van der Waals surface area contributed by atoms with E-state index in [1.54, 1.807) is 0 Å². The Bertz CT molecular complexity index is 229. The van der Waals surface area contributed by atoms with E-state index in [-0.39, 0.29) is 0 Å². The van der Waals surface area contributed by atoms with Crippen LogP contribution in [0.5, 0.6) is 0 Å². The fourth-order valence-electron chi connectivity index (χ4n) is 2.97. The summed E-state index contributed by atoms with van der Waals surface area (Å²) in [6, 6.07) is 1.27. The lowest BCUT2D eigenvalue weighted by atomic mass is 9.98.